The van der Waals surface area contributed by atoms with E-state index < -0.39 is 0 Å². The van der Waals surface area contributed by atoms with Gasteiger partial charge in [-0.2, -0.15) is 0 Å². The Kier molecular flexibility index (Phi) is 6.20. The molecule has 0 saturated carbocycles. The Morgan fingerprint density at radius 2 is 0.957 bits per heavy atom. The average molecular weight is 601 g/mol. The van der Waals surface area contributed by atoms with E-state index in [1.807, 2.05) is 6.07 Å². The first kappa shape index (κ1) is 27.5. The predicted molar refractivity (Wildman–Crippen MR) is 196 cm³/mol. The zero-order chi connectivity index (χ0) is 31.5. The van der Waals surface area contributed by atoms with Crippen LogP contribution in [0.4, 0.5) is 0 Å². The predicted octanol–water partition coefficient (Wildman–Crippen LogP) is 11.8. The number of benzene rings is 7. The van der Waals surface area contributed by atoms with E-state index in [0.29, 0.717) is 0 Å². The first-order valence-corrected chi connectivity index (χ1v) is 16.3. The highest BCUT2D eigenvalue weighted by Gasteiger charge is 2.37. The maximum absolute atomic E-state index is 5.30. The molecule has 2 heteroatoms. The smallest absolute Gasteiger partial charge is 0.161 e. The van der Waals surface area contributed by atoms with Crippen molar-refractivity contribution < 1.29 is 0 Å². The van der Waals surface area contributed by atoms with Gasteiger partial charge in [-0.15, -0.1) is 0 Å². The molecule has 2 nitrogen and oxygen atoms in total. The van der Waals surface area contributed by atoms with Gasteiger partial charge in [0.15, 0.2) is 5.82 Å². The lowest BCUT2D eigenvalue weighted by Gasteiger charge is -2.25. The van der Waals surface area contributed by atoms with Crippen molar-refractivity contribution in [3.05, 3.63) is 169 Å². The van der Waals surface area contributed by atoms with Gasteiger partial charge in [-0.05, 0) is 67.1 Å². The third-order valence-corrected chi connectivity index (χ3v) is 9.90. The molecule has 0 spiro atoms. The highest BCUT2D eigenvalue weighted by atomic mass is 14.9. The standard InChI is InChI=1S/C45H32N2/c1-45(2)40-25-11-10-21-35(40)38-24-13-23-37(43(38)45)34-26-27-39(33-20-9-8-19-32(33)34)44-46-41(30-15-4-3-5-16-30)28-42(47-44)36-22-12-17-29-14-6-7-18-31(29)36/h3-28H,1-2H3. The normalized spacial score (nSPS) is 13.1. The quantitative estimate of drug-likeness (QED) is 0.201. The van der Waals surface area contributed by atoms with Crippen LogP contribution in [-0.4, -0.2) is 9.97 Å². The maximum Gasteiger partial charge on any atom is 0.161 e. The molecule has 1 heterocycles. The van der Waals surface area contributed by atoms with E-state index in [1.54, 1.807) is 0 Å². The van der Waals surface area contributed by atoms with Crippen molar-refractivity contribution in [2.24, 2.45) is 0 Å². The summed E-state index contributed by atoms with van der Waals surface area (Å²) in [6.45, 7) is 4.71. The Hall–Kier alpha value is -5.86. The Morgan fingerprint density at radius 3 is 1.79 bits per heavy atom. The Bertz CT molecular complexity index is 2490. The van der Waals surface area contributed by atoms with Gasteiger partial charge in [0.05, 0.1) is 11.4 Å². The van der Waals surface area contributed by atoms with Crippen LogP contribution in [0.2, 0.25) is 0 Å². The Morgan fingerprint density at radius 1 is 0.404 bits per heavy atom. The van der Waals surface area contributed by atoms with Gasteiger partial charge in [0.1, 0.15) is 0 Å². The summed E-state index contributed by atoms with van der Waals surface area (Å²) < 4.78 is 0. The molecule has 1 aliphatic carbocycles. The van der Waals surface area contributed by atoms with Crippen molar-refractivity contribution in [1.82, 2.24) is 9.97 Å². The van der Waals surface area contributed by atoms with Gasteiger partial charge in [-0.1, -0.05) is 159 Å². The lowest BCUT2D eigenvalue weighted by molar-refractivity contribution is 0.662. The molecule has 7 aromatic carbocycles. The molecule has 0 atom stereocenters. The molecule has 0 amide bonds. The Labute approximate surface area is 275 Å². The van der Waals surface area contributed by atoms with Crippen LogP contribution < -0.4 is 0 Å². The molecule has 0 fully saturated rings. The monoisotopic (exact) mass is 600 g/mol. The van der Waals surface area contributed by atoms with E-state index in [0.717, 1.165) is 39.3 Å². The van der Waals surface area contributed by atoms with Gasteiger partial charge < -0.3 is 0 Å². The van der Waals surface area contributed by atoms with Crippen LogP contribution in [0, 0.1) is 0 Å². The van der Waals surface area contributed by atoms with Crippen molar-refractivity contribution >= 4 is 21.5 Å². The van der Waals surface area contributed by atoms with Crippen LogP contribution in [0.25, 0.3) is 77.7 Å². The van der Waals surface area contributed by atoms with Crippen molar-refractivity contribution in [3.63, 3.8) is 0 Å². The second-order valence-corrected chi connectivity index (χ2v) is 13.0. The molecule has 1 aromatic heterocycles. The van der Waals surface area contributed by atoms with E-state index in [2.05, 4.69) is 166 Å². The van der Waals surface area contributed by atoms with E-state index >= 15 is 0 Å². The molecule has 9 rings (SSSR count). The van der Waals surface area contributed by atoms with E-state index in [-0.39, 0.29) is 5.41 Å². The Balaban J connectivity index is 1.28. The average Bonchev–Trinajstić information content (AvgIpc) is 3.37. The fourth-order valence-electron chi connectivity index (χ4n) is 7.71. The second kappa shape index (κ2) is 10.6. The van der Waals surface area contributed by atoms with Crippen LogP contribution >= 0.6 is 0 Å². The molecular weight excluding hydrogens is 569 g/mol. The van der Waals surface area contributed by atoms with Crippen LogP contribution in [0.3, 0.4) is 0 Å². The molecule has 0 aliphatic heterocycles. The second-order valence-electron chi connectivity index (χ2n) is 13.0. The van der Waals surface area contributed by atoms with Crippen LogP contribution in [0.15, 0.2) is 158 Å². The fourth-order valence-corrected chi connectivity index (χ4v) is 7.71. The number of nitrogens with zero attached hydrogens (tertiary/aromatic N) is 2. The van der Waals surface area contributed by atoms with Crippen molar-refractivity contribution in [2.45, 2.75) is 19.3 Å². The van der Waals surface area contributed by atoms with Gasteiger partial charge in [-0.25, -0.2) is 9.97 Å². The molecule has 1 aliphatic rings. The molecule has 8 aromatic rings. The van der Waals surface area contributed by atoms with Crippen LogP contribution in [0.5, 0.6) is 0 Å². The molecule has 47 heavy (non-hydrogen) atoms. The van der Waals surface area contributed by atoms with Crippen molar-refractivity contribution in [1.29, 1.82) is 0 Å². The van der Waals surface area contributed by atoms with Crippen LogP contribution in [0.1, 0.15) is 25.0 Å². The lowest BCUT2D eigenvalue weighted by Crippen LogP contribution is -2.16. The lowest BCUT2D eigenvalue weighted by atomic mass is 9.78. The highest BCUT2D eigenvalue weighted by molar-refractivity contribution is 6.06. The summed E-state index contributed by atoms with van der Waals surface area (Å²) in [6, 6.07) is 56.4. The first-order chi connectivity index (χ1) is 23.1. The minimum absolute atomic E-state index is 0.108. The largest absolute Gasteiger partial charge is 0.228 e. The molecule has 0 N–H and O–H groups in total. The molecule has 0 unspecified atom stereocenters. The van der Waals surface area contributed by atoms with Gasteiger partial charge >= 0.3 is 0 Å². The van der Waals surface area contributed by atoms with E-state index in [1.165, 1.54) is 49.5 Å². The number of aromatic nitrogens is 2. The van der Waals surface area contributed by atoms with E-state index in [9.17, 15) is 0 Å². The van der Waals surface area contributed by atoms with Gasteiger partial charge in [0, 0.05) is 22.1 Å². The number of hydrogen-bond donors (Lipinski definition) is 0. The maximum atomic E-state index is 5.30. The summed E-state index contributed by atoms with van der Waals surface area (Å²) >= 11 is 0. The molecular formula is C45H32N2. The van der Waals surface area contributed by atoms with Gasteiger partial charge in [0.25, 0.3) is 0 Å². The van der Waals surface area contributed by atoms with Crippen molar-refractivity contribution in [3.8, 4) is 56.2 Å². The highest BCUT2D eigenvalue weighted by Crippen LogP contribution is 2.53. The number of fused-ring (bicyclic) bond motifs is 5. The zero-order valence-electron chi connectivity index (χ0n) is 26.4. The van der Waals surface area contributed by atoms with Gasteiger partial charge in [-0.3, -0.25) is 0 Å². The van der Waals surface area contributed by atoms with Crippen molar-refractivity contribution in [2.75, 3.05) is 0 Å². The fraction of sp³-hybridized carbons (Fsp3) is 0.0667. The minimum Gasteiger partial charge on any atom is -0.228 e. The summed E-state index contributed by atoms with van der Waals surface area (Å²) in [5.41, 5.74) is 12.9. The summed E-state index contributed by atoms with van der Waals surface area (Å²) in [7, 11) is 0. The first-order valence-electron chi connectivity index (χ1n) is 16.3. The molecule has 0 bridgehead atoms. The molecule has 222 valence electrons. The molecule has 0 radical (unpaired) electrons. The SMILES string of the molecule is CC1(C)c2ccccc2-c2cccc(-c3ccc(-c4nc(-c5ccccc5)cc(-c5cccc6ccccc56)n4)c4ccccc34)c21. The summed E-state index contributed by atoms with van der Waals surface area (Å²) in [5, 5.41) is 4.72. The summed E-state index contributed by atoms with van der Waals surface area (Å²) in [4.78, 5) is 10.5. The molecule has 0 saturated heterocycles. The van der Waals surface area contributed by atoms with E-state index in [4.69, 9.17) is 9.97 Å². The topological polar surface area (TPSA) is 25.8 Å². The summed E-state index contributed by atoms with van der Waals surface area (Å²) in [6.07, 6.45) is 0. The van der Waals surface area contributed by atoms with Crippen LogP contribution in [-0.2, 0) is 5.41 Å². The zero-order valence-corrected chi connectivity index (χ0v) is 26.4. The minimum atomic E-state index is -0.108. The number of rotatable bonds is 4. The van der Waals surface area contributed by atoms with Gasteiger partial charge in [0.2, 0.25) is 0 Å². The third-order valence-electron chi connectivity index (χ3n) is 9.90. The third kappa shape index (κ3) is 4.33. The summed E-state index contributed by atoms with van der Waals surface area (Å²) in [5.74, 6) is 0.725. The number of hydrogen-bond acceptors (Lipinski definition) is 2.